The zero-order chi connectivity index (χ0) is 7.45. The highest BCUT2D eigenvalue weighted by Gasteiger charge is 2.14. The lowest BCUT2D eigenvalue weighted by Crippen LogP contribution is -2.14. The summed E-state index contributed by atoms with van der Waals surface area (Å²) in [5.41, 5.74) is -0.163. The molecule has 0 amide bonds. The molecule has 1 nitrogen and oxygen atoms in total. The number of hydrogen-bond donors (Lipinski definition) is 1. The van der Waals surface area contributed by atoms with E-state index in [4.69, 9.17) is 5.11 Å². The zero-order valence-electron chi connectivity index (χ0n) is 6.12. The minimum absolute atomic E-state index is 0.163. The van der Waals surface area contributed by atoms with Crippen LogP contribution in [0.1, 0.15) is 6.92 Å². The Morgan fingerprint density at radius 3 is 2.00 bits per heavy atom. The summed E-state index contributed by atoms with van der Waals surface area (Å²) in [5, 5.41) is 8.94. The van der Waals surface area contributed by atoms with E-state index in [2.05, 4.69) is 0 Å². The normalized spacial score (nSPS) is 21.0. The molecule has 0 fully saturated rings. The maximum Gasteiger partial charge on any atom is 0.0554 e. The van der Waals surface area contributed by atoms with Gasteiger partial charge in [-0.25, -0.2) is 0 Å². The summed E-state index contributed by atoms with van der Waals surface area (Å²) in [6.45, 7) is 2.16. The fraction of sp³-hybridized carbons (Fsp3) is 0.333. The van der Waals surface area contributed by atoms with Gasteiger partial charge < -0.3 is 5.11 Å². The van der Waals surface area contributed by atoms with Gasteiger partial charge in [-0.3, -0.25) is 0 Å². The molecule has 0 aromatic carbocycles. The zero-order valence-corrected chi connectivity index (χ0v) is 6.12. The van der Waals surface area contributed by atoms with Crippen molar-refractivity contribution in [2.24, 2.45) is 5.41 Å². The van der Waals surface area contributed by atoms with Gasteiger partial charge >= 0.3 is 0 Å². The molecule has 0 radical (unpaired) electrons. The van der Waals surface area contributed by atoms with Crippen LogP contribution in [-0.2, 0) is 0 Å². The predicted molar refractivity (Wildman–Crippen MR) is 42.6 cm³/mol. The first-order valence-corrected chi connectivity index (χ1v) is 3.41. The standard InChI is InChI=1S/C9H12O/c1-9(8-10)6-4-2-3-5-7-9/h2-7,10H,8H2,1H3. The van der Waals surface area contributed by atoms with Gasteiger partial charge in [-0.15, -0.1) is 0 Å². The van der Waals surface area contributed by atoms with Gasteiger partial charge in [-0.1, -0.05) is 43.4 Å². The molecule has 1 rings (SSSR count). The Morgan fingerprint density at radius 1 is 1.10 bits per heavy atom. The first kappa shape index (κ1) is 7.29. The SMILES string of the molecule is CC1(CO)C=CC=CC=C1. The fourth-order valence-corrected chi connectivity index (χ4v) is 0.840. The summed E-state index contributed by atoms with van der Waals surface area (Å²) in [4.78, 5) is 0. The maximum absolute atomic E-state index is 8.94. The van der Waals surface area contributed by atoms with E-state index < -0.39 is 0 Å². The molecule has 0 atom stereocenters. The van der Waals surface area contributed by atoms with Crippen molar-refractivity contribution in [3.63, 3.8) is 0 Å². The van der Waals surface area contributed by atoms with Crippen molar-refractivity contribution in [2.45, 2.75) is 6.92 Å². The quantitative estimate of drug-likeness (QED) is 0.581. The van der Waals surface area contributed by atoms with E-state index in [1.807, 2.05) is 43.4 Å². The van der Waals surface area contributed by atoms with Crippen LogP contribution in [0.5, 0.6) is 0 Å². The molecule has 1 aliphatic carbocycles. The van der Waals surface area contributed by atoms with E-state index in [0.717, 1.165) is 0 Å². The number of rotatable bonds is 1. The van der Waals surface area contributed by atoms with Gasteiger partial charge in [0.25, 0.3) is 0 Å². The van der Waals surface area contributed by atoms with E-state index in [-0.39, 0.29) is 12.0 Å². The third-order valence-electron chi connectivity index (χ3n) is 1.63. The average molecular weight is 136 g/mol. The average Bonchev–Trinajstić information content (AvgIpc) is 2.15. The summed E-state index contributed by atoms with van der Waals surface area (Å²) < 4.78 is 0. The second-order valence-corrected chi connectivity index (χ2v) is 2.77. The lowest BCUT2D eigenvalue weighted by molar-refractivity contribution is 0.220. The molecule has 1 N–H and O–H groups in total. The van der Waals surface area contributed by atoms with Gasteiger partial charge in [0, 0.05) is 5.41 Å². The molecule has 1 aliphatic rings. The molecule has 0 saturated heterocycles. The highest BCUT2D eigenvalue weighted by atomic mass is 16.3. The first-order chi connectivity index (χ1) is 4.77. The summed E-state index contributed by atoms with van der Waals surface area (Å²) in [7, 11) is 0. The molecule has 0 heterocycles. The third-order valence-corrected chi connectivity index (χ3v) is 1.63. The molecule has 1 heteroatoms. The lowest BCUT2D eigenvalue weighted by atomic mass is 9.91. The van der Waals surface area contributed by atoms with Gasteiger partial charge in [0.15, 0.2) is 0 Å². The second kappa shape index (κ2) is 2.84. The van der Waals surface area contributed by atoms with E-state index in [9.17, 15) is 0 Å². The van der Waals surface area contributed by atoms with Crippen LogP contribution in [0, 0.1) is 5.41 Å². The monoisotopic (exact) mass is 136 g/mol. The molecule has 0 spiro atoms. The fourth-order valence-electron chi connectivity index (χ4n) is 0.840. The number of aliphatic hydroxyl groups is 1. The molecule has 0 aromatic heterocycles. The van der Waals surface area contributed by atoms with Crippen LogP contribution in [0.25, 0.3) is 0 Å². The molecule has 0 unspecified atom stereocenters. The van der Waals surface area contributed by atoms with Crippen molar-refractivity contribution < 1.29 is 5.11 Å². The molecular weight excluding hydrogens is 124 g/mol. The largest absolute Gasteiger partial charge is 0.395 e. The Morgan fingerprint density at radius 2 is 1.60 bits per heavy atom. The maximum atomic E-state index is 8.94. The van der Waals surface area contributed by atoms with Crippen LogP contribution in [0.15, 0.2) is 36.5 Å². The van der Waals surface area contributed by atoms with Gasteiger partial charge in [-0.2, -0.15) is 0 Å². The van der Waals surface area contributed by atoms with Crippen LogP contribution in [0.3, 0.4) is 0 Å². The van der Waals surface area contributed by atoms with Gasteiger partial charge in [0.05, 0.1) is 6.61 Å². The summed E-state index contributed by atoms with van der Waals surface area (Å²) >= 11 is 0. The second-order valence-electron chi connectivity index (χ2n) is 2.77. The van der Waals surface area contributed by atoms with Crippen molar-refractivity contribution in [2.75, 3.05) is 6.61 Å². The molecule has 0 aliphatic heterocycles. The third kappa shape index (κ3) is 1.58. The predicted octanol–water partition coefficient (Wildman–Crippen LogP) is 1.67. The minimum Gasteiger partial charge on any atom is -0.395 e. The summed E-state index contributed by atoms with van der Waals surface area (Å²) in [6.07, 6.45) is 11.8. The molecule has 54 valence electrons. The van der Waals surface area contributed by atoms with Crippen molar-refractivity contribution in [3.8, 4) is 0 Å². The Bertz CT molecular complexity index is 171. The van der Waals surface area contributed by atoms with Gasteiger partial charge in [0.2, 0.25) is 0 Å². The van der Waals surface area contributed by atoms with E-state index >= 15 is 0 Å². The van der Waals surface area contributed by atoms with Crippen LogP contribution >= 0.6 is 0 Å². The first-order valence-electron chi connectivity index (χ1n) is 3.41. The molecule has 0 saturated carbocycles. The number of aliphatic hydroxyl groups excluding tert-OH is 1. The number of allylic oxidation sites excluding steroid dienone is 4. The summed E-state index contributed by atoms with van der Waals surface area (Å²) in [5.74, 6) is 0. The Kier molecular flexibility index (Phi) is 2.07. The lowest BCUT2D eigenvalue weighted by Gasteiger charge is -2.16. The smallest absolute Gasteiger partial charge is 0.0554 e. The van der Waals surface area contributed by atoms with Crippen molar-refractivity contribution in [1.29, 1.82) is 0 Å². The summed E-state index contributed by atoms with van der Waals surface area (Å²) in [6, 6.07) is 0. The molecule has 0 aromatic rings. The Balaban J connectivity index is 2.80. The van der Waals surface area contributed by atoms with Crippen molar-refractivity contribution in [3.05, 3.63) is 36.5 Å². The highest BCUT2D eigenvalue weighted by molar-refractivity contribution is 5.23. The van der Waals surface area contributed by atoms with Crippen molar-refractivity contribution >= 4 is 0 Å². The van der Waals surface area contributed by atoms with Crippen LogP contribution in [-0.4, -0.2) is 11.7 Å². The van der Waals surface area contributed by atoms with Crippen LogP contribution in [0.4, 0.5) is 0 Å². The molecular formula is C9H12O. The number of hydrogen-bond acceptors (Lipinski definition) is 1. The van der Waals surface area contributed by atoms with E-state index in [1.54, 1.807) is 0 Å². The van der Waals surface area contributed by atoms with E-state index in [1.165, 1.54) is 0 Å². The topological polar surface area (TPSA) is 20.2 Å². The Hall–Kier alpha value is -0.820. The van der Waals surface area contributed by atoms with Crippen LogP contribution in [0.2, 0.25) is 0 Å². The Labute approximate surface area is 61.4 Å². The molecule has 10 heavy (non-hydrogen) atoms. The minimum atomic E-state index is -0.163. The van der Waals surface area contributed by atoms with Crippen molar-refractivity contribution in [1.82, 2.24) is 0 Å². The van der Waals surface area contributed by atoms with E-state index in [0.29, 0.717) is 0 Å². The van der Waals surface area contributed by atoms with Crippen LogP contribution < -0.4 is 0 Å². The van der Waals surface area contributed by atoms with Gasteiger partial charge in [0.1, 0.15) is 0 Å². The van der Waals surface area contributed by atoms with Gasteiger partial charge in [-0.05, 0) is 0 Å². The molecule has 0 bridgehead atoms. The highest BCUT2D eigenvalue weighted by Crippen LogP contribution is 2.20.